The second-order valence-electron chi connectivity index (χ2n) is 4.58. The summed E-state index contributed by atoms with van der Waals surface area (Å²) in [7, 11) is 0. The number of anilines is 2. The fourth-order valence-corrected chi connectivity index (χ4v) is 2.56. The van der Waals surface area contributed by atoms with Crippen molar-refractivity contribution in [1.29, 1.82) is 0 Å². The molecule has 0 bridgehead atoms. The fraction of sp³-hybridized carbons (Fsp3) is 0.500. The number of fused-ring (bicyclic) bond motifs is 3. The van der Waals surface area contributed by atoms with Gasteiger partial charge >= 0.3 is 0 Å². The summed E-state index contributed by atoms with van der Waals surface area (Å²) in [5.74, 6) is 1.06. The van der Waals surface area contributed by atoms with Gasteiger partial charge in [-0.3, -0.25) is 4.79 Å². The van der Waals surface area contributed by atoms with Crippen molar-refractivity contribution in [2.75, 3.05) is 16.8 Å². The first-order chi connectivity index (χ1) is 7.75. The number of carbonyl (C=O) groups excluding carboxylic acids is 1. The monoisotopic (exact) mass is 217 g/mol. The highest BCUT2D eigenvalue weighted by Crippen LogP contribution is 2.34. The SMILES string of the molecule is Cc1cnc2c(c1)NC(=O)C1CCCCN21. The van der Waals surface area contributed by atoms with Crippen LogP contribution in [0.5, 0.6) is 0 Å². The van der Waals surface area contributed by atoms with Gasteiger partial charge < -0.3 is 10.2 Å². The number of amides is 1. The molecule has 0 spiro atoms. The average Bonchev–Trinajstić information content (AvgIpc) is 2.29. The summed E-state index contributed by atoms with van der Waals surface area (Å²) in [5.41, 5.74) is 1.94. The van der Waals surface area contributed by atoms with E-state index in [1.54, 1.807) is 0 Å². The predicted molar refractivity (Wildman–Crippen MR) is 62.6 cm³/mol. The summed E-state index contributed by atoms with van der Waals surface area (Å²) in [6, 6.07) is 1.99. The summed E-state index contributed by atoms with van der Waals surface area (Å²) in [5, 5.41) is 2.96. The lowest BCUT2D eigenvalue weighted by Gasteiger charge is -2.40. The lowest BCUT2D eigenvalue weighted by molar-refractivity contribution is -0.118. The Hall–Kier alpha value is -1.58. The van der Waals surface area contributed by atoms with Crippen molar-refractivity contribution in [2.45, 2.75) is 32.2 Å². The second-order valence-corrected chi connectivity index (χ2v) is 4.58. The van der Waals surface area contributed by atoms with E-state index in [0.717, 1.165) is 42.9 Å². The highest BCUT2D eigenvalue weighted by Gasteiger charge is 2.35. The van der Waals surface area contributed by atoms with Crippen molar-refractivity contribution < 1.29 is 4.79 Å². The largest absolute Gasteiger partial charge is 0.343 e. The van der Waals surface area contributed by atoms with Crippen molar-refractivity contribution in [1.82, 2.24) is 4.98 Å². The molecule has 0 radical (unpaired) electrons. The highest BCUT2D eigenvalue weighted by atomic mass is 16.2. The van der Waals surface area contributed by atoms with Crippen LogP contribution >= 0.6 is 0 Å². The van der Waals surface area contributed by atoms with E-state index in [0.29, 0.717) is 0 Å². The van der Waals surface area contributed by atoms with Crippen molar-refractivity contribution in [2.24, 2.45) is 0 Å². The first-order valence-corrected chi connectivity index (χ1v) is 5.80. The molecule has 1 fully saturated rings. The number of rotatable bonds is 0. The smallest absolute Gasteiger partial charge is 0.247 e. The third-order valence-corrected chi connectivity index (χ3v) is 3.34. The molecular formula is C12H15N3O. The number of piperidine rings is 1. The Morgan fingerprint density at radius 2 is 2.38 bits per heavy atom. The van der Waals surface area contributed by atoms with Gasteiger partial charge in [-0.1, -0.05) is 0 Å². The molecule has 1 amide bonds. The maximum absolute atomic E-state index is 11.9. The molecule has 3 rings (SSSR count). The molecule has 2 aliphatic heterocycles. The van der Waals surface area contributed by atoms with E-state index in [4.69, 9.17) is 0 Å². The molecule has 1 saturated heterocycles. The van der Waals surface area contributed by atoms with Crippen LogP contribution in [0.1, 0.15) is 24.8 Å². The van der Waals surface area contributed by atoms with Crippen LogP contribution in [0.15, 0.2) is 12.3 Å². The van der Waals surface area contributed by atoms with Crippen LogP contribution in [0, 0.1) is 6.92 Å². The van der Waals surface area contributed by atoms with Gasteiger partial charge in [0.25, 0.3) is 0 Å². The molecule has 4 heteroatoms. The molecule has 4 nitrogen and oxygen atoms in total. The van der Waals surface area contributed by atoms with Crippen LogP contribution in [-0.2, 0) is 4.79 Å². The highest BCUT2D eigenvalue weighted by molar-refractivity contribution is 6.02. The molecule has 3 heterocycles. The Kier molecular flexibility index (Phi) is 2.09. The quantitative estimate of drug-likeness (QED) is 0.719. The molecule has 0 saturated carbocycles. The zero-order chi connectivity index (χ0) is 11.1. The van der Waals surface area contributed by atoms with Crippen LogP contribution in [-0.4, -0.2) is 23.5 Å². The van der Waals surface area contributed by atoms with Gasteiger partial charge in [0.05, 0.1) is 5.69 Å². The lowest BCUT2D eigenvalue weighted by Crippen LogP contribution is -2.51. The van der Waals surface area contributed by atoms with Gasteiger partial charge in [-0.2, -0.15) is 0 Å². The van der Waals surface area contributed by atoms with Crippen LogP contribution in [0.2, 0.25) is 0 Å². The van der Waals surface area contributed by atoms with Gasteiger partial charge in [0.1, 0.15) is 6.04 Å². The number of hydrogen-bond acceptors (Lipinski definition) is 3. The van der Waals surface area contributed by atoms with Gasteiger partial charge in [-0.15, -0.1) is 0 Å². The summed E-state index contributed by atoms with van der Waals surface area (Å²) in [6.45, 7) is 2.93. The summed E-state index contributed by atoms with van der Waals surface area (Å²) in [4.78, 5) is 18.5. The Morgan fingerprint density at radius 1 is 1.50 bits per heavy atom. The molecule has 1 aromatic rings. The van der Waals surface area contributed by atoms with Gasteiger partial charge in [-0.05, 0) is 37.8 Å². The van der Waals surface area contributed by atoms with E-state index in [1.165, 1.54) is 0 Å². The van der Waals surface area contributed by atoms with Crippen molar-refractivity contribution in [3.63, 3.8) is 0 Å². The standard InChI is InChI=1S/C12H15N3O/c1-8-6-9-11(13-7-8)15-5-3-2-4-10(15)12(16)14-9/h6-7,10H,2-5H2,1H3,(H,14,16). The van der Waals surface area contributed by atoms with E-state index < -0.39 is 0 Å². The minimum absolute atomic E-state index is 0.00328. The molecular weight excluding hydrogens is 202 g/mol. The van der Waals surface area contributed by atoms with Gasteiger partial charge in [-0.25, -0.2) is 4.98 Å². The normalized spacial score (nSPS) is 23.4. The van der Waals surface area contributed by atoms with Crippen LogP contribution in [0.3, 0.4) is 0 Å². The van der Waals surface area contributed by atoms with Crippen LogP contribution in [0.25, 0.3) is 0 Å². The number of carbonyl (C=O) groups is 1. The van der Waals surface area contributed by atoms with Gasteiger partial charge in [0.2, 0.25) is 5.91 Å². The number of nitrogens with zero attached hydrogens (tertiary/aromatic N) is 2. The number of hydrogen-bond donors (Lipinski definition) is 1. The number of aromatic nitrogens is 1. The minimum Gasteiger partial charge on any atom is -0.343 e. The molecule has 0 aliphatic carbocycles. The molecule has 84 valence electrons. The Morgan fingerprint density at radius 3 is 3.25 bits per heavy atom. The molecule has 0 aromatic carbocycles. The van der Waals surface area contributed by atoms with E-state index in [1.807, 2.05) is 19.2 Å². The third kappa shape index (κ3) is 1.37. The van der Waals surface area contributed by atoms with E-state index in [2.05, 4.69) is 15.2 Å². The molecule has 16 heavy (non-hydrogen) atoms. The number of nitrogens with one attached hydrogen (secondary N) is 1. The lowest BCUT2D eigenvalue weighted by atomic mass is 9.99. The summed E-state index contributed by atoms with van der Waals surface area (Å²) >= 11 is 0. The minimum atomic E-state index is -0.00328. The number of aryl methyl sites for hydroxylation is 1. The van der Waals surface area contributed by atoms with E-state index >= 15 is 0 Å². The molecule has 1 unspecified atom stereocenters. The Balaban J connectivity index is 2.06. The van der Waals surface area contributed by atoms with Crippen molar-refractivity contribution in [3.8, 4) is 0 Å². The topological polar surface area (TPSA) is 45.2 Å². The fourth-order valence-electron chi connectivity index (χ4n) is 2.56. The average molecular weight is 217 g/mol. The van der Waals surface area contributed by atoms with Crippen LogP contribution < -0.4 is 10.2 Å². The maximum atomic E-state index is 11.9. The Labute approximate surface area is 94.7 Å². The Bertz CT molecular complexity index is 444. The predicted octanol–water partition coefficient (Wildman–Crippen LogP) is 1.70. The third-order valence-electron chi connectivity index (χ3n) is 3.34. The molecule has 2 aliphatic rings. The zero-order valence-corrected chi connectivity index (χ0v) is 9.36. The van der Waals surface area contributed by atoms with Crippen LogP contribution in [0.4, 0.5) is 11.5 Å². The van der Waals surface area contributed by atoms with Crippen molar-refractivity contribution in [3.05, 3.63) is 17.8 Å². The molecule has 1 atom stereocenters. The molecule has 1 aromatic heterocycles. The maximum Gasteiger partial charge on any atom is 0.247 e. The van der Waals surface area contributed by atoms with E-state index in [9.17, 15) is 4.79 Å². The number of pyridine rings is 1. The molecule has 1 N–H and O–H groups in total. The van der Waals surface area contributed by atoms with Gasteiger partial charge in [0.15, 0.2) is 5.82 Å². The van der Waals surface area contributed by atoms with E-state index in [-0.39, 0.29) is 11.9 Å². The zero-order valence-electron chi connectivity index (χ0n) is 9.36. The summed E-state index contributed by atoms with van der Waals surface area (Å²) < 4.78 is 0. The summed E-state index contributed by atoms with van der Waals surface area (Å²) in [6.07, 6.45) is 5.09. The first-order valence-electron chi connectivity index (χ1n) is 5.80. The first kappa shape index (κ1) is 9.63. The second kappa shape index (κ2) is 3.47. The van der Waals surface area contributed by atoms with Crippen molar-refractivity contribution >= 4 is 17.4 Å². The van der Waals surface area contributed by atoms with Gasteiger partial charge in [0, 0.05) is 12.7 Å².